The van der Waals surface area contributed by atoms with Crippen molar-refractivity contribution >= 4 is 0 Å². The second-order valence-corrected chi connectivity index (χ2v) is 7.13. The molecule has 1 unspecified atom stereocenters. The molecule has 0 aromatic carbocycles. The lowest BCUT2D eigenvalue weighted by Crippen LogP contribution is -2.24. The van der Waals surface area contributed by atoms with Crippen molar-refractivity contribution in [3.8, 4) is 0 Å². The molecule has 2 atom stereocenters. The summed E-state index contributed by atoms with van der Waals surface area (Å²) in [7, 11) is 0. The van der Waals surface area contributed by atoms with Crippen LogP contribution >= 0.6 is 0 Å². The SMILES string of the molecule is C/C1=C\CC/C(C)=C/[C@H](O)C(C(C)C)CC/C(C)=C/CC1. The van der Waals surface area contributed by atoms with Crippen LogP contribution in [0.15, 0.2) is 34.9 Å². The van der Waals surface area contributed by atoms with Crippen LogP contribution in [0.4, 0.5) is 0 Å². The molecule has 1 aliphatic rings. The predicted octanol–water partition coefficient (Wildman–Crippen LogP) is 5.81. The van der Waals surface area contributed by atoms with Crippen LogP contribution in [0.25, 0.3) is 0 Å². The Kier molecular flexibility index (Phi) is 8.03. The van der Waals surface area contributed by atoms with Crippen LogP contribution in [0.1, 0.15) is 73.1 Å². The summed E-state index contributed by atoms with van der Waals surface area (Å²) in [5.74, 6) is 0.885. The first kappa shape index (κ1) is 18.2. The Morgan fingerprint density at radius 1 is 0.905 bits per heavy atom. The van der Waals surface area contributed by atoms with Gasteiger partial charge in [0.2, 0.25) is 0 Å². The molecule has 1 N–H and O–H groups in total. The van der Waals surface area contributed by atoms with Crippen molar-refractivity contribution in [1.29, 1.82) is 0 Å². The quantitative estimate of drug-likeness (QED) is 0.604. The molecule has 1 nitrogen and oxygen atoms in total. The topological polar surface area (TPSA) is 20.2 Å². The smallest absolute Gasteiger partial charge is 0.0754 e. The van der Waals surface area contributed by atoms with Crippen molar-refractivity contribution in [1.82, 2.24) is 0 Å². The molecule has 0 heterocycles. The molecule has 21 heavy (non-hydrogen) atoms. The number of rotatable bonds is 1. The molecule has 0 bridgehead atoms. The molecule has 0 fully saturated rings. The van der Waals surface area contributed by atoms with E-state index in [9.17, 15) is 5.11 Å². The van der Waals surface area contributed by atoms with Crippen LogP contribution in [0.2, 0.25) is 0 Å². The van der Waals surface area contributed by atoms with Gasteiger partial charge in [0.25, 0.3) is 0 Å². The van der Waals surface area contributed by atoms with Crippen LogP contribution in [0, 0.1) is 11.8 Å². The van der Waals surface area contributed by atoms with E-state index in [1.165, 1.54) is 23.1 Å². The molecule has 0 aromatic rings. The zero-order valence-electron chi connectivity index (χ0n) is 14.7. The van der Waals surface area contributed by atoms with Crippen LogP contribution in [-0.4, -0.2) is 11.2 Å². The minimum Gasteiger partial charge on any atom is -0.389 e. The van der Waals surface area contributed by atoms with E-state index in [4.69, 9.17) is 0 Å². The van der Waals surface area contributed by atoms with E-state index in [0.717, 1.165) is 32.1 Å². The van der Waals surface area contributed by atoms with Gasteiger partial charge in [0.1, 0.15) is 0 Å². The Morgan fingerprint density at radius 2 is 1.43 bits per heavy atom. The highest BCUT2D eigenvalue weighted by atomic mass is 16.3. The summed E-state index contributed by atoms with van der Waals surface area (Å²) in [6, 6.07) is 0. The molecule has 0 saturated carbocycles. The average Bonchev–Trinajstić information content (AvgIpc) is 2.37. The first-order chi connectivity index (χ1) is 9.90. The van der Waals surface area contributed by atoms with Crippen molar-refractivity contribution in [2.45, 2.75) is 79.2 Å². The third kappa shape index (κ3) is 7.13. The summed E-state index contributed by atoms with van der Waals surface area (Å²) in [5.41, 5.74) is 4.28. The number of aliphatic hydroxyl groups excluding tert-OH is 1. The van der Waals surface area contributed by atoms with Gasteiger partial charge < -0.3 is 5.11 Å². The first-order valence-electron chi connectivity index (χ1n) is 8.56. The standard InChI is InChI=1S/C20H34O/c1-15(2)19-13-12-17(4)10-6-8-16(3)9-7-11-18(5)14-20(19)21/h9-10,14-15,19-21H,6-8,11-13H2,1-5H3/b16-9+,17-10+,18-14+/t19?,20-/m0/s1. The summed E-state index contributed by atoms with van der Waals surface area (Å²) in [5, 5.41) is 10.5. The van der Waals surface area contributed by atoms with E-state index < -0.39 is 0 Å². The minimum absolute atomic E-state index is 0.300. The van der Waals surface area contributed by atoms with Gasteiger partial charge in [0, 0.05) is 0 Å². The van der Waals surface area contributed by atoms with Gasteiger partial charge >= 0.3 is 0 Å². The molecule has 1 rings (SSSR count). The number of hydrogen-bond donors (Lipinski definition) is 1. The summed E-state index contributed by atoms with van der Waals surface area (Å²) < 4.78 is 0. The lowest BCUT2D eigenvalue weighted by molar-refractivity contribution is 0.115. The molecule has 0 spiro atoms. The van der Waals surface area contributed by atoms with Gasteiger partial charge in [-0.3, -0.25) is 0 Å². The third-order valence-electron chi connectivity index (χ3n) is 4.69. The number of hydrogen-bond acceptors (Lipinski definition) is 1. The van der Waals surface area contributed by atoms with Gasteiger partial charge in [-0.15, -0.1) is 0 Å². The molecule has 0 aromatic heterocycles. The Bertz CT molecular complexity index is 398. The molecule has 1 aliphatic carbocycles. The Labute approximate surface area is 131 Å². The maximum absolute atomic E-state index is 10.5. The maximum Gasteiger partial charge on any atom is 0.0754 e. The normalized spacial score (nSPS) is 34.1. The highest BCUT2D eigenvalue weighted by Gasteiger charge is 2.20. The van der Waals surface area contributed by atoms with Crippen molar-refractivity contribution in [3.05, 3.63) is 34.9 Å². The summed E-state index contributed by atoms with van der Waals surface area (Å²) in [6.07, 6.45) is 13.2. The second kappa shape index (κ2) is 9.25. The fourth-order valence-electron chi connectivity index (χ4n) is 3.09. The highest BCUT2D eigenvalue weighted by molar-refractivity contribution is 5.09. The maximum atomic E-state index is 10.5. The van der Waals surface area contributed by atoms with Crippen LogP contribution in [-0.2, 0) is 0 Å². The molecule has 120 valence electrons. The van der Waals surface area contributed by atoms with Crippen LogP contribution in [0.5, 0.6) is 0 Å². The van der Waals surface area contributed by atoms with E-state index >= 15 is 0 Å². The largest absolute Gasteiger partial charge is 0.389 e. The van der Waals surface area contributed by atoms with Crippen LogP contribution < -0.4 is 0 Å². The number of allylic oxidation sites excluding steroid dienone is 5. The monoisotopic (exact) mass is 290 g/mol. The molecule has 1 heteroatoms. The third-order valence-corrected chi connectivity index (χ3v) is 4.69. The molecule has 0 radical (unpaired) electrons. The fourth-order valence-corrected chi connectivity index (χ4v) is 3.09. The molecular formula is C20H34O. The lowest BCUT2D eigenvalue weighted by atomic mass is 9.84. The lowest BCUT2D eigenvalue weighted by Gasteiger charge is -2.25. The van der Waals surface area contributed by atoms with Crippen LogP contribution in [0.3, 0.4) is 0 Å². The highest BCUT2D eigenvalue weighted by Crippen LogP contribution is 2.26. The van der Waals surface area contributed by atoms with Crippen molar-refractivity contribution in [2.75, 3.05) is 0 Å². The van der Waals surface area contributed by atoms with Crippen molar-refractivity contribution < 1.29 is 5.11 Å². The molecule has 0 saturated heterocycles. The second-order valence-electron chi connectivity index (χ2n) is 7.13. The molecular weight excluding hydrogens is 256 g/mol. The van der Waals surface area contributed by atoms with Gasteiger partial charge in [-0.2, -0.15) is 0 Å². The zero-order valence-corrected chi connectivity index (χ0v) is 14.7. The van der Waals surface area contributed by atoms with E-state index in [1.54, 1.807) is 0 Å². The van der Waals surface area contributed by atoms with Crippen molar-refractivity contribution in [3.63, 3.8) is 0 Å². The predicted molar refractivity (Wildman–Crippen MR) is 93.3 cm³/mol. The molecule has 0 amide bonds. The van der Waals surface area contributed by atoms with Gasteiger partial charge in [-0.1, -0.05) is 48.8 Å². The Balaban J connectivity index is 2.88. The van der Waals surface area contributed by atoms with Gasteiger partial charge in [0.05, 0.1) is 6.10 Å². The summed E-state index contributed by atoms with van der Waals surface area (Å²) >= 11 is 0. The van der Waals surface area contributed by atoms with E-state index in [0.29, 0.717) is 11.8 Å². The van der Waals surface area contributed by atoms with Gasteiger partial charge in [-0.25, -0.2) is 0 Å². The first-order valence-corrected chi connectivity index (χ1v) is 8.56. The van der Waals surface area contributed by atoms with Gasteiger partial charge in [-0.05, 0) is 71.1 Å². The average molecular weight is 290 g/mol. The summed E-state index contributed by atoms with van der Waals surface area (Å²) in [4.78, 5) is 0. The minimum atomic E-state index is -0.300. The van der Waals surface area contributed by atoms with Gasteiger partial charge in [0.15, 0.2) is 0 Å². The zero-order chi connectivity index (χ0) is 15.8. The van der Waals surface area contributed by atoms with E-state index in [1.807, 2.05) is 0 Å². The Hall–Kier alpha value is -0.820. The fraction of sp³-hybridized carbons (Fsp3) is 0.700. The number of aliphatic hydroxyl groups is 1. The van der Waals surface area contributed by atoms with E-state index in [2.05, 4.69) is 52.8 Å². The van der Waals surface area contributed by atoms with E-state index in [-0.39, 0.29) is 6.10 Å². The summed E-state index contributed by atoms with van der Waals surface area (Å²) in [6.45, 7) is 11.1. The molecule has 0 aliphatic heterocycles. The Morgan fingerprint density at radius 3 is 2.00 bits per heavy atom. The van der Waals surface area contributed by atoms with Crippen molar-refractivity contribution in [2.24, 2.45) is 11.8 Å².